The molecule has 1 saturated heterocycles. The second-order valence-corrected chi connectivity index (χ2v) is 10.7. The summed E-state index contributed by atoms with van der Waals surface area (Å²) in [5.41, 5.74) is 0.877. The zero-order valence-corrected chi connectivity index (χ0v) is 20.5. The lowest BCUT2D eigenvalue weighted by Gasteiger charge is -2.30. The van der Waals surface area contributed by atoms with Gasteiger partial charge in [0.2, 0.25) is 11.8 Å². The summed E-state index contributed by atoms with van der Waals surface area (Å²) in [6.07, 6.45) is 0. The highest BCUT2D eigenvalue weighted by Crippen LogP contribution is 2.53. The number of imide groups is 1. The first kappa shape index (κ1) is 23.2. The summed E-state index contributed by atoms with van der Waals surface area (Å²) in [5, 5.41) is 10.9. The van der Waals surface area contributed by atoms with Gasteiger partial charge in [0.1, 0.15) is 16.7 Å². The van der Waals surface area contributed by atoms with Crippen molar-refractivity contribution in [1.82, 2.24) is 4.98 Å². The largest absolute Gasteiger partial charge is 0.457 e. The summed E-state index contributed by atoms with van der Waals surface area (Å²) in [4.78, 5) is 54.4. The molecule has 1 aromatic heterocycles. The maximum atomic E-state index is 13.8. The average Bonchev–Trinajstić information content (AvgIpc) is 3.39. The van der Waals surface area contributed by atoms with E-state index >= 15 is 0 Å². The van der Waals surface area contributed by atoms with Gasteiger partial charge in [-0.25, -0.2) is 4.90 Å². The predicted molar refractivity (Wildman–Crippen MR) is 138 cm³/mol. The lowest BCUT2D eigenvalue weighted by Crippen LogP contribution is -2.32. The molecule has 0 radical (unpaired) electrons. The maximum Gasteiger partial charge on any atom is 0.305 e. The summed E-state index contributed by atoms with van der Waals surface area (Å²) in [6.45, 7) is 0. The minimum Gasteiger partial charge on any atom is -0.457 e. The Kier molecular flexibility index (Phi) is 5.65. The Bertz CT molecular complexity index is 1600. The fraction of sp³-hybridized carbons (Fsp3) is 0.115. The SMILES string of the molecule is O=C1C2Sc3[nH]c(=O)sc3[C@H](c3cccc(Oc4ccccc4)c3)C2C(=O)N1c1ccc([N+](=O)[O-])cc1. The summed E-state index contributed by atoms with van der Waals surface area (Å²) >= 11 is 2.20. The minimum atomic E-state index is -0.765. The van der Waals surface area contributed by atoms with Crippen molar-refractivity contribution in [3.05, 3.63) is 109 Å². The van der Waals surface area contributed by atoms with Crippen molar-refractivity contribution < 1.29 is 19.2 Å². The summed E-state index contributed by atoms with van der Waals surface area (Å²) < 4.78 is 5.99. The number of non-ortho nitro benzene ring substituents is 1. The number of carbonyl (C=O) groups excluding carboxylic acids is 2. The van der Waals surface area contributed by atoms with Crippen LogP contribution in [0.3, 0.4) is 0 Å². The maximum absolute atomic E-state index is 13.8. The van der Waals surface area contributed by atoms with Gasteiger partial charge in [-0.15, -0.1) is 0 Å². The van der Waals surface area contributed by atoms with Gasteiger partial charge >= 0.3 is 4.87 Å². The summed E-state index contributed by atoms with van der Waals surface area (Å²) in [7, 11) is 0. The topological polar surface area (TPSA) is 123 Å². The standard InChI is InChI=1S/C26H17N3O6S2/c30-24-20-19(14-5-4-8-18(13-14)35-17-6-2-1-3-7-17)21-23(27-26(32)37-21)36-22(20)25(31)28(24)15-9-11-16(12-10-15)29(33)34/h1-13,19-20,22H,(H,27,32)/t19-,20?,22?/m1/s1. The van der Waals surface area contributed by atoms with Gasteiger partial charge in [0.25, 0.3) is 5.69 Å². The number of nitro groups is 1. The lowest BCUT2D eigenvalue weighted by molar-refractivity contribution is -0.384. The van der Waals surface area contributed by atoms with Crippen LogP contribution in [0.5, 0.6) is 11.5 Å². The molecule has 4 aromatic rings. The van der Waals surface area contributed by atoms with Crippen molar-refractivity contribution in [2.45, 2.75) is 16.2 Å². The Morgan fingerprint density at radius 1 is 0.892 bits per heavy atom. The van der Waals surface area contributed by atoms with E-state index < -0.39 is 33.8 Å². The molecule has 2 unspecified atom stereocenters. The number of amides is 2. The normalized spacial score (nSPS) is 20.4. The Morgan fingerprint density at radius 3 is 2.35 bits per heavy atom. The molecule has 11 heteroatoms. The van der Waals surface area contributed by atoms with Crippen LogP contribution < -0.4 is 14.5 Å². The summed E-state index contributed by atoms with van der Waals surface area (Å²) in [5.74, 6) is -0.940. The molecule has 184 valence electrons. The second-order valence-electron chi connectivity index (χ2n) is 8.52. The Balaban J connectivity index is 1.41. The zero-order valence-electron chi connectivity index (χ0n) is 18.9. The number of benzene rings is 3. The van der Waals surface area contributed by atoms with Crippen LogP contribution in [-0.2, 0) is 9.59 Å². The fourth-order valence-electron chi connectivity index (χ4n) is 4.75. The van der Waals surface area contributed by atoms with E-state index in [1.165, 1.54) is 36.0 Å². The van der Waals surface area contributed by atoms with Crippen molar-refractivity contribution in [2.75, 3.05) is 4.90 Å². The minimum absolute atomic E-state index is 0.137. The number of thiazole rings is 1. The smallest absolute Gasteiger partial charge is 0.305 e. The number of aromatic amines is 1. The highest BCUT2D eigenvalue weighted by atomic mass is 32.2. The molecule has 6 rings (SSSR count). The van der Waals surface area contributed by atoms with Crippen molar-refractivity contribution >= 4 is 46.3 Å². The first-order valence-corrected chi connectivity index (χ1v) is 12.9. The van der Waals surface area contributed by atoms with Gasteiger partial charge in [-0.1, -0.05) is 53.4 Å². The van der Waals surface area contributed by atoms with E-state index in [2.05, 4.69) is 4.98 Å². The third kappa shape index (κ3) is 4.02. The van der Waals surface area contributed by atoms with Crippen LogP contribution >= 0.6 is 23.1 Å². The third-order valence-corrected chi connectivity index (χ3v) is 8.74. The van der Waals surface area contributed by atoms with E-state index in [4.69, 9.17) is 4.74 Å². The predicted octanol–water partition coefficient (Wildman–Crippen LogP) is 4.93. The Labute approximate surface area is 217 Å². The molecule has 2 amide bonds. The number of hydrogen-bond acceptors (Lipinski definition) is 8. The van der Waals surface area contributed by atoms with Gasteiger partial charge in [0, 0.05) is 22.9 Å². The van der Waals surface area contributed by atoms with Gasteiger partial charge in [0.15, 0.2) is 0 Å². The van der Waals surface area contributed by atoms with E-state index in [0.29, 0.717) is 21.4 Å². The van der Waals surface area contributed by atoms with E-state index in [0.717, 1.165) is 21.8 Å². The van der Waals surface area contributed by atoms with Crippen LogP contribution in [0.4, 0.5) is 11.4 Å². The number of fused-ring (bicyclic) bond motifs is 2. The van der Waals surface area contributed by atoms with Crippen LogP contribution in [0, 0.1) is 16.0 Å². The number of nitrogens with one attached hydrogen (secondary N) is 1. The van der Waals surface area contributed by atoms with Gasteiger partial charge < -0.3 is 9.72 Å². The Morgan fingerprint density at radius 2 is 1.62 bits per heavy atom. The zero-order chi connectivity index (χ0) is 25.7. The molecule has 2 aliphatic rings. The van der Waals surface area contributed by atoms with Crippen LogP contribution in [0.15, 0.2) is 88.7 Å². The van der Waals surface area contributed by atoms with E-state index in [-0.39, 0.29) is 16.2 Å². The fourth-order valence-corrected chi connectivity index (χ4v) is 7.27. The molecule has 0 saturated carbocycles. The first-order valence-electron chi connectivity index (χ1n) is 11.3. The van der Waals surface area contributed by atoms with Gasteiger partial charge in [0.05, 0.1) is 21.6 Å². The number of para-hydroxylation sites is 1. The molecule has 37 heavy (non-hydrogen) atoms. The number of thioether (sulfide) groups is 1. The molecule has 3 atom stereocenters. The van der Waals surface area contributed by atoms with Crippen LogP contribution in [0.2, 0.25) is 0 Å². The quantitative estimate of drug-likeness (QED) is 0.220. The van der Waals surface area contributed by atoms with E-state index in [1.807, 2.05) is 48.5 Å². The molecule has 3 heterocycles. The van der Waals surface area contributed by atoms with Gasteiger partial charge in [-0.05, 0) is 42.0 Å². The van der Waals surface area contributed by atoms with E-state index in [9.17, 15) is 24.5 Å². The second kappa shape index (κ2) is 9.02. The number of nitro benzene ring substituents is 1. The average molecular weight is 532 g/mol. The molecule has 0 spiro atoms. The van der Waals surface area contributed by atoms with E-state index in [1.54, 1.807) is 6.07 Å². The Hall–Kier alpha value is -4.22. The molecule has 0 bridgehead atoms. The van der Waals surface area contributed by atoms with Crippen molar-refractivity contribution in [1.29, 1.82) is 0 Å². The number of hydrogen-bond donors (Lipinski definition) is 1. The number of carbonyl (C=O) groups is 2. The highest BCUT2D eigenvalue weighted by Gasteiger charge is 2.56. The number of nitrogens with zero attached hydrogens (tertiary/aromatic N) is 2. The molecule has 3 aromatic carbocycles. The summed E-state index contributed by atoms with van der Waals surface area (Å²) in [6, 6.07) is 21.9. The van der Waals surface area contributed by atoms with Crippen LogP contribution in [0.1, 0.15) is 16.4 Å². The van der Waals surface area contributed by atoms with Crippen LogP contribution in [0.25, 0.3) is 0 Å². The van der Waals surface area contributed by atoms with Crippen molar-refractivity contribution in [3.8, 4) is 11.5 Å². The molecular weight excluding hydrogens is 514 g/mol. The van der Waals surface area contributed by atoms with Crippen molar-refractivity contribution in [2.24, 2.45) is 5.92 Å². The number of aromatic nitrogens is 1. The molecule has 9 nitrogen and oxygen atoms in total. The number of ether oxygens (including phenoxy) is 1. The third-order valence-electron chi connectivity index (χ3n) is 6.34. The molecule has 0 aliphatic carbocycles. The number of rotatable bonds is 5. The van der Waals surface area contributed by atoms with Crippen molar-refractivity contribution in [3.63, 3.8) is 0 Å². The van der Waals surface area contributed by atoms with Gasteiger partial charge in [-0.2, -0.15) is 0 Å². The molecular formula is C26H17N3O6S2. The van der Waals surface area contributed by atoms with Gasteiger partial charge in [-0.3, -0.25) is 24.5 Å². The highest BCUT2D eigenvalue weighted by molar-refractivity contribution is 8.00. The molecule has 2 aliphatic heterocycles. The number of H-pyrrole nitrogens is 1. The van der Waals surface area contributed by atoms with Crippen LogP contribution in [-0.4, -0.2) is 27.0 Å². The first-order chi connectivity index (χ1) is 17.9. The lowest BCUT2D eigenvalue weighted by atomic mass is 9.83. The molecule has 1 N–H and O–H groups in total. The number of anilines is 1. The molecule has 1 fully saturated rings. The monoisotopic (exact) mass is 531 g/mol.